The van der Waals surface area contributed by atoms with E-state index in [9.17, 15) is 0 Å². The van der Waals surface area contributed by atoms with Gasteiger partial charge in [0.1, 0.15) is 12.4 Å². The minimum Gasteiger partial charge on any atom is -0.227 e. The van der Waals surface area contributed by atoms with Crippen LogP contribution >= 0.6 is 11.8 Å². The third-order valence-corrected chi connectivity index (χ3v) is 2.70. The molecule has 0 saturated heterocycles. The van der Waals surface area contributed by atoms with Crippen molar-refractivity contribution in [1.82, 2.24) is 4.57 Å². The fourth-order valence-electron chi connectivity index (χ4n) is 1.07. The van der Waals surface area contributed by atoms with E-state index in [0.717, 1.165) is 12.3 Å². The lowest BCUT2D eigenvalue weighted by Crippen LogP contribution is -2.28. The summed E-state index contributed by atoms with van der Waals surface area (Å²) in [5, 5.41) is 1.34. The van der Waals surface area contributed by atoms with Crippen LogP contribution in [0.15, 0.2) is 17.6 Å². The Hall–Kier alpha value is -0.440. The fraction of sp³-hybridized carbons (Fsp3) is 0.625. The van der Waals surface area contributed by atoms with Crippen molar-refractivity contribution in [3.63, 3.8) is 0 Å². The molecule has 1 aromatic heterocycles. The molecule has 0 atom stereocenters. The molecule has 0 aromatic carbocycles. The molecule has 0 saturated carbocycles. The van der Waals surface area contributed by atoms with Gasteiger partial charge in [-0.1, -0.05) is 6.92 Å². The molecule has 11 heavy (non-hydrogen) atoms. The van der Waals surface area contributed by atoms with Crippen molar-refractivity contribution in [2.75, 3.05) is 5.75 Å². The Bertz CT molecular complexity index is 230. The lowest BCUT2D eigenvalue weighted by Gasteiger charge is -1.96. The van der Waals surface area contributed by atoms with Crippen LogP contribution in [0.1, 0.15) is 13.8 Å². The van der Waals surface area contributed by atoms with E-state index >= 15 is 0 Å². The standard InChI is InChI=1S/C8H15N2S/c1-4-10-7-6-9(3)8(10)11-5-2/h6-7H,4-5H2,1-3H3/q+1. The highest BCUT2D eigenvalue weighted by Gasteiger charge is 2.11. The van der Waals surface area contributed by atoms with Gasteiger partial charge in [0.25, 0.3) is 0 Å². The fourth-order valence-corrected chi connectivity index (χ4v) is 1.94. The van der Waals surface area contributed by atoms with E-state index in [0.29, 0.717) is 0 Å². The number of aryl methyl sites for hydroxylation is 2. The molecule has 0 unspecified atom stereocenters. The maximum Gasteiger partial charge on any atom is 0.317 e. The van der Waals surface area contributed by atoms with Gasteiger partial charge >= 0.3 is 5.16 Å². The van der Waals surface area contributed by atoms with E-state index in [1.54, 1.807) is 0 Å². The van der Waals surface area contributed by atoms with Crippen LogP contribution in [0, 0.1) is 0 Å². The van der Waals surface area contributed by atoms with Gasteiger partial charge in [0.2, 0.25) is 0 Å². The van der Waals surface area contributed by atoms with Crippen LogP contribution in [0.25, 0.3) is 0 Å². The summed E-state index contributed by atoms with van der Waals surface area (Å²) in [6, 6.07) is 0. The van der Waals surface area contributed by atoms with E-state index in [4.69, 9.17) is 0 Å². The Labute approximate surface area is 72.2 Å². The van der Waals surface area contributed by atoms with Gasteiger partial charge in [0.15, 0.2) is 0 Å². The first-order valence-corrected chi connectivity index (χ1v) is 4.95. The van der Waals surface area contributed by atoms with Gasteiger partial charge in [-0.2, -0.15) is 0 Å². The van der Waals surface area contributed by atoms with Crippen LogP contribution in [-0.2, 0) is 13.6 Å². The summed E-state index contributed by atoms with van der Waals surface area (Å²) in [5.74, 6) is 1.14. The van der Waals surface area contributed by atoms with Crippen molar-refractivity contribution in [3.8, 4) is 0 Å². The zero-order chi connectivity index (χ0) is 8.27. The summed E-state index contributed by atoms with van der Waals surface area (Å²) in [6.45, 7) is 5.40. The Morgan fingerprint density at radius 2 is 2.27 bits per heavy atom. The van der Waals surface area contributed by atoms with E-state index in [2.05, 4.69) is 42.4 Å². The second-order valence-corrected chi connectivity index (χ2v) is 3.64. The summed E-state index contributed by atoms with van der Waals surface area (Å²) in [4.78, 5) is 0. The molecule has 0 spiro atoms. The Kier molecular flexibility index (Phi) is 3.00. The summed E-state index contributed by atoms with van der Waals surface area (Å²) >= 11 is 1.89. The Morgan fingerprint density at radius 3 is 2.82 bits per heavy atom. The van der Waals surface area contributed by atoms with E-state index in [1.807, 2.05) is 11.8 Å². The monoisotopic (exact) mass is 171 g/mol. The summed E-state index contributed by atoms with van der Waals surface area (Å²) in [6.07, 6.45) is 4.22. The van der Waals surface area contributed by atoms with Crippen LogP contribution in [0.3, 0.4) is 0 Å². The quantitative estimate of drug-likeness (QED) is 0.494. The van der Waals surface area contributed by atoms with Crippen LogP contribution in [-0.4, -0.2) is 10.3 Å². The van der Waals surface area contributed by atoms with Crippen molar-refractivity contribution < 1.29 is 4.57 Å². The van der Waals surface area contributed by atoms with Gasteiger partial charge in [-0.3, -0.25) is 0 Å². The minimum absolute atomic E-state index is 1.06. The number of nitrogens with zero attached hydrogens (tertiary/aromatic N) is 2. The number of rotatable bonds is 3. The molecular formula is C8H15N2S+. The van der Waals surface area contributed by atoms with Crippen LogP contribution in [0.5, 0.6) is 0 Å². The number of aromatic nitrogens is 2. The van der Waals surface area contributed by atoms with E-state index in [-0.39, 0.29) is 0 Å². The summed E-state index contributed by atoms with van der Waals surface area (Å²) in [5.41, 5.74) is 0. The summed E-state index contributed by atoms with van der Waals surface area (Å²) in [7, 11) is 2.09. The highest BCUT2D eigenvalue weighted by molar-refractivity contribution is 7.99. The minimum atomic E-state index is 1.06. The predicted molar refractivity (Wildman–Crippen MR) is 47.7 cm³/mol. The molecule has 0 amide bonds. The first-order valence-electron chi connectivity index (χ1n) is 3.97. The van der Waals surface area contributed by atoms with Crippen molar-refractivity contribution in [2.45, 2.75) is 25.5 Å². The van der Waals surface area contributed by atoms with E-state index in [1.165, 1.54) is 5.16 Å². The van der Waals surface area contributed by atoms with Crippen LogP contribution in [0.2, 0.25) is 0 Å². The molecule has 0 fully saturated rings. The van der Waals surface area contributed by atoms with Crippen molar-refractivity contribution in [1.29, 1.82) is 0 Å². The second kappa shape index (κ2) is 3.81. The van der Waals surface area contributed by atoms with E-state index < -0.39 is 0 Å². The topological polar surface area (TPSA) is 8.81 Å². The largest absolute Gasteiger partial charge is 0.317 e. The van der Waals surface area contributed by atoms with Crippen LogP contribution < -0.4 is 4.57 Å². The lowest BCUT2D eigenvalue weighted by atomic mass is 10.7. The third-order valence-electron chi connectivity index (χ3n) is 1.63. The zero-order valence-electron chi connectivity index (χ0n) is 7.37. The number of hydrogen-bond acceptors (Lipinski definition) is 1. The maximum atomic E-state index is 2.26. The third kappa shape index (κ3) is 1.77. The first kappa shape index (κ1) is 8.65. The molecule has 0 N–H and O–H groups in total. The van der Waals surface area contributed by atoms with Gasteiger partial charge in [-0.15, -0.1) is 0 Å². The molecule has 0 aliphatic carbocycles. The first-order chi connectivity index (χ1) is 5.29. The molecule has 62 valence electrons. The smallest absolute Gasteiger partial charge is 0.227 e. The molecule has 3 heteroatoms. The van der Waals surface area contributed by atoms with Crippen molar-refractivity contribution in [3.05, 3.63) is 12.4 Å². The summed E-state index contributed by atoms with van der Waals surface area (Å²) < 4.78 is 4.42. The number of hydrogen-bond donors (Lipinski definition) is 0. The Morgan fingerprint density at radius 1 is 1.55 bits per heavy atom. The molecule has 2 nitrogen and oxygen atoms in total. The number of thioether (sulfide) groups is 1. The maximum absolute atomic E-state index is 2.26. The van der Waals surface area contributed by atoms with Gasteiger partial charge in [-0.25, -0.2) is 9.13 Å². The van der Waals surface area contributed by atoms with Crippen molar-refractivity contribution >= 4 is 11.8 Å². The zero-order valence-corrected chi connectivity index (χ0v) is 8.19. The highest BCUT2D eigenvalue weighted by atomic mass is 32.2. The molecule has 0 aliphatic rings. The molecule has 1 heterocycles. The molecule has 0 bridgehead atoms. The second-order valence-electron chi connectivity index (χ2n) is 2.41. The normalized spacial score (nSPS) is 10.5. The molecule has 1 aromatic rings. The average molecular weight is 171 g/mol. The van der Waals surface area contributed by atoms with Gasteiger partial charge in [0, 0.05) is 5.75 Å². The predicted octanol–water partition coefficient (Wildman–Crippen LogP) is 1.44. The lowest BCUT2D eigenvalue weighted by molar-refractivity contribution is -0.709. The molecular weight excluding hydrogens is 156 g/mol. The highest BCUT2D eigenvalue weighted by Crippen LogP contribution is 2.12. The van der Waals surface area contributed by atoms with Gasteiger partial charge in [0.05, 0.1) is 13.6 Å². The molecule has 0 radical (unpaired) electrons. The number of imidazole rings is 1. The van der Waals surface area contributed by atoms with Crippen molar-refractivity contribution in [2.24, 2.45) is 7.05 Å². The molecule has 0 aliphatic heterocycles. The van der Waals surface area contributed by atoms with Gasteiger partial charge in [-0.05, 0) is 18.7 Å². The average Bonchev–Trinajstić information content (AvgIpc) is 2.34. The van der Waals surface area contributed by atoms with Gasteiger partial charge < -0.3 is 0 Å². The molecule has 1 rings (SSSR count). The SMILES string of the molecule is CCSc1n(CC)cc[n+]1C. The Balaban J connectivity index is 2.88. The van der Waals surface area contributed by atoms with Crippen LogP contribution in [0.4, 0.5) is 0 Å².